The molecule has 1 aliphatic rings. The van der Waals surface area contributed by atoms with Crippen LogP contribution in [-0.2, 0) is 16.2 Å². The molecule has 0 saturated carbocycles. The van der Waals surface area contributed by atoms with Crippen molar-refractivity contribution >= 4 is 34.8 Å². The van der Waals surface area contributed by atoms with Crippen molar-refractivity contribution in [2.24, 2.45) is 11.1 Å². The first kappa shape index (κ1) is 20.7. The van der Waals surface area contributed by atoms with E-state index in [0.717, 1.165) is 16.8 Å². The molecule has 0 aliphatic carbocycles. The predicted octanol–water partition coefficient (Wildman–Crippen LogP) is 5.56. The molecule has 0 fully saturated rings. The van der Waals surface area contributed by atoms with Crippen molar-refractivity contribution in [2.75, 3.05) is 6.54 Å². The summed E-state index contributed by atoms with van der Waals surface area (Å²) < 4.78 is 0. The van der Waals surface area contributed by atoms with E-state index in [2.05, 4.69) is 5.16 Å². The first-order chi connectivity index (χ1) is 13.4. The average molecular weight is 419 g/mol. The second kappa shape index (κ2) is 9.44. The van der Waals surface area contributed by atoms with Crippen LogP contribution in [0.4, 0.5) is 0 Å². The van der Waals surface area contributed by atoms with Crippen LogP contribution in [0.3, 0.4) is 0 Å². The number of nitrogens with zero attached hydrogens (tertiary/aromatic N) is 2. The van der Waals surface area contributed by atoms with Gasteiger partial charge in [-0.25, -0.2) is 0 Å². The minimum Gasteiger partial charge on any atom is -0.390 e. The topological polar surface area (TPSA) is 41.9 Å². The van der Waals surface area contributed by atoms with Crippen LogP contribution in [0.1, 0.15) is 37.8 Å². The standard InChI is InChI=1S/C22H24Cl2N2O2/c1-15(2)10-22(27)26(13-16-6-5-7-17(23)11-16)14-18-12-21(25-28-18)19-8-3-4-9-20(19)24/h3-9,11,15,18H,10,12-14H2,1-2H3. The fourth-order valence-electron chi connectivity index (χ4n) is 3.21. The molecule has 148 valence electrons. The van der Waals surface area contributed by atoms with E-state index in [1.807, 2.05) is 67.3 Å². The van der Waals surface area contributed by atoms with Crippen molar-refractivity contribution in [3.63, 3.8) is 0 Å². The van der Waals surface area contributed by atoms with Gasteiger partial charge in [0.05, 0.1) is 12.3 Å². The zero-order chi connectivity index (χ0) is 20.1. The molecular formula is C22H24Cl2N2O2. The van der Waals surface area contributed by atoms with E-state index in [0.29, 0.717) is 36.0 Å². The fraction of sp³-hybridized carbons (Fsp3) is 0.364. The maximum absolute atomic E-state index is 12.8. The number of oxime groups is 1. The molecule has 1 heterocycles. The van der Waals surface area contributed by atoms with Gasteiger partial charge in [-0.1, -0.05) is 72.5 Å². The van der Waals surface area contributed by atoms with Crippen LogP contribution < -0.4 is 0 Å². The van der Waals surface area contributed by atoms with Crippen LogP contribution in [0.5, 0.6) is 0 Å². The predicted molar refractivity (Wildman–Crippen MR) is 114 cm³/mol. The highest BCUT2D eigenvalue weighted by Gasteiger charge is 2.27. The molecule has 2 aromatic rings. The Balaban J connectivity index is 1.69. The van der Waals surface area contributed by atoms with E-state index in [9.17, 15) is 4.79 Å². The summed E-state index contributed by atoms with van der Waals surface area (Å²) in [6, 6.07) is 15.2. The number of amides is 1. The van der Waals surface area contributed by atoms with E-state index in [4.69, 9.17) is 28.0 Å². The summed E-state index contributed by atoms with van der Waals surface area (Å²) in [5.41, 5.74) is 2.69. The molecule has 0 aromatic heterocycles. The molecular weight excluding hydrogens is 395 g/mol. The molecule has 6 heteroatoms. The molecule has 2 aromatic carbocycles. The van der Waals surface area contributed by atoms with Crippen molar-refractivity contribution in [3.8, 4) is 0 Å². The van der Waals surface area contributed by atoms with Gasteiger partial charge < -0.3 is 9.74 Å². The van der Waals surface area contributed by atoms with Gasteiger partial charge in [-0.05, 0) is 29.7 Å². The van der Waals surface area contributed by atoms with Gasteiger partial charge in [0.15, 0.2) is 6.10 Å². The summed E-state index contributed by atoms with van der Waals surface area (Å²) in [6.45, 7) is 5.04. The van der Waals surface area contributed by atoms with Crippen molar-refractivity contribution < 1.29 is 9.63 Å². The summed E-state index contributed by atoms with van der Waals surface area (Å²) in [4.78, 5) is 20.3. The number of carbonyl (C=O) groups is 1. The number of carbonyl (C=O) groups excluding carboxylic acids is 1. The lowest BCUT2D eigenvalue weighted by molar-refractivity contribution is -0.134. The molecule has 1 unspecified atom stereocenters. The highest BCUT2D eigenvalue weighted by atomic mass is 35.5. The smallest absolute Gasteiger partial charge is 0.223 e. The van der Waals surface area contributed by atoms with Crippen molar-refractivity contribution in [2.45, 2.75) is 39.3 Å². The Morgan fingerprint density at radius 2 is 2.00 bits per heavy atom. The van der Waals surface area contributed by atoms with E-state index in [-0.39, 0.29) is 17.9 Å². The summed E-state index contributed by atoms with van der Waals surface area (Å²) in [5, 5.41) is 5.53. The number of hydrogen-bond donors (Lipinski definition) is 0. The Hall–Kier alpha value is -2.04. The Labute approximate surface area is 176 Å². The Bertz CT molecular complexity index is 867. The van der Waals surface area contributed by atoms with Crippen molar-refractivity contribution in [1.82, 2.24) is 4.90 Å². The fourth-order valence-corrected chi connectivity index (χ4v) is 3.67. The zero-order valence-electron chi connectivity index (χ0n) is 16.1. The highest BCUT2D eigenvalue weighted by molar-refractivity contribution is 6.34. The van der Waals surface area contributed by atoms with Crippen LogP contribution in [0, 0.1) is 5.92 Å². The third kappa shape index (κ3) is 5.49. The summed E-state index contributed by atoms with van der Waals surface area (Å²) in [7, 11) is 0. The number of rotatable bonds is 7. The average Bonchev–Trinajstić information content (AvgIpc) is 3.09. The minimum atomic E-state index is -0.193. The van der Waals surface area contributed by atoms with Gasteiger partial charge in [-0.15, -0.1) is 0 Å². The van der Waals surface area contributed by atoms with Crippen molar-refractivity contribution in [1.29, 1.82) is 0 Å². The largest absolute Gasteiger partial charge is 0.390 e. The SMILES string of the molecule is CC(C)CC(=O)N(Cc1cccc(Cl)c1)CC1CC(c2ccccc2Cl)=NO1. The van der Waals surface area contributed by atoms with Crippen LogP contribution in [0.2, 0.25) is 10.0 Å². The van der Waals surface area contributed by atoms with Gasteiger partial charge in [0.25, 0.3) is 0 Å². The van der Waals surface area contributed by atoms with E-state index in [1.54, 1.807) is 0 Å². The highest BCUT2D eigenvalue weighted by Crippen LogP contribution is 2.24. The lowest BCUT2D eigenvalue weighted by Crippen LogP contribution is -2.37. The minimum absolute atomic E-state index is 0.102. The van der Waals surface area contributed by atoms with Crippen molar-refractivity contribution in [3.05, 3.63) is 69.7 Å². The Kier molecular flexibility index (Phi) is 6.97. The van der Waals surface area contributed by atoms with Gasteiger partial charge in [-0.3, -0.25) is 4.79 Å². The maximum Gasteiger partial charge on any atom is 0.223 e. The van der Waals surface area contributed by atoms with Gasteiger partial charge >= 0.3 is 0 Å². The van der Waals surface area contributed by atoms with E-state index >= 15 is 0 Å². The zero-order valence-corrected chi connectivity index (χ0v) is 17.6. The Morgan fingerprint density at radius 3 is 2.71 bits per heavy atom. The molecule has 1 amide bonds. The summed E-state index contributed by atoms with van der Waals surface area (Å²) >= 11 is 12.4. The van der Waals surface area contributed by atoms with Gasteiger partial charge in [0, 0.05) is 35.0 Å². The molecule has 0 bridgehead atoms. The molecule has 0 radical (unpaired) electrons. The molecule has 4 nitrogen and oxygen atoms in total. The molecule has 0 saturated heterocycles. The molecule has 28 heavy (non-hydrogen) atoms. The Morgan fingerprint density at radius 1 is 1.21 bits per heavy atom. The summed E-state index contributed by atoms with van der Waals surface area (Å²) in [6.07, 6.45) is 0.914. The normalized spacial score (nSPS) is 16.0. The third-order valence-corrected chi connectivity index (χ3v) is 5.10. The second-order valence-electron chi connectivity index (χ2n) is 7.45. The maximum atomic E-state index is 12.8. The number of halogens is 2. The van der Waals surface area contributed by atoms with Crippen LogP contribution >= 0.6 is 23.2 Å². The summed E-state index contributed by atoms with van der Waals surface area (Å²) in [5.74, 6) is 0.388. The first-order valence-corrected chi connectivity index (χ1v) is 10.2. The van der Waals surface area contributed by atoms with E-state index in [1.165, 1.54) is 0 Å². The lowest BCUT2D eigenvalue weighted by Gasteiger charge is -2.26. The van der Waals surface area contributed by atoms with Gasteiger partial charge in [0.2, 0.25) is 5.91 Å². The molecule has 3 rings (SSSR count). The molecule has 1 atom stereocenters. The van der Waals surface area contributed by atoms with Gasteiger partial charge in [-0.2, -0.15) is 0 Å². The second-order valence-corrected chi connectivity index (χ2v) is 8.30. The lowest BCUT2D eigenvalue weighted by atomic mass is 10.0. The quantitative estimate of drug-likeness (QED) is 0.590. The molecule has 0 N–H and O–H groups in total. The van der Waals surface area contributed by atoms with Crippen LogP contribution in [0.25, 0.3) is 0 Å². The molecule has 1 aliphatic heterocycles. The first-order valence-electron chi connectivity index (χ1n) is 9.42. The third-order valence-electron chi connectivity index (χ3n) is 4.54. The van der Waals surface area contributed by atoms with Crippen LogP contribution in [0.15, 0.2) is 53.7 Å². The number of benzene rings is 2. The number of hydrogen-bond acceptors (Lipinski definition) is 3. The monoisotopic (exact) mass is 418 g/mol. The van der Waals surface area contributed by atoms with E-state index < -0.39 is 0 Å². The van der Waals surface area contributed by atoms with Gasteiger partial charge in [0.1, 0.15) is 0 Å². The van der Waals surface area contributed by atoms with Crippen LogP contribution in [-0.4, -0.2) is 29.2 Å². The molecule has 0 spiro atoms.